The molecule has 0 unspecified atom stereocenters. The van der Waals surface area contributed by atoms with E-state index >= 15 is 0 Å². The van der Waals surface area contributed by atoms with Gasteiger partial charge in [0.05, 0.1) is 4.90 Å². The quantitative estimate of drug-likeness (QED) is 0.736. The van der Waals surface area contributed by atoms with Gasteiger partial charge in [0.1, 0.15) is 0 Å². The number of carbonyl (C=O) groups excluding carboxylic acids is 2. The predicted octanol–water partition coefficient (Wildman–Crippen LogP) is 2.95. The van der Waals surface area contributed by atoms with E-state index in [-0.39, 0.29) is 35.4 Å². The minimum atomic E-state index is -3.75. The highest BCUT2D eigenvalue weighted by atomic mass is 32.2. The number of nitrogens with one attached hydrogen (secondary N) is 1. The molecule has 0 radical (unpaired) electrons. The molecule has 8 heteroatoms. The van der Waals surface area contributed by atoms with Gasteiger partial charge in [-0.15, -0.1) is 0 Å². The van der Waals surface area contributed by atoms with Crippen molar-refractivity contribution >= 4 is 27.5 Å². The molecule has 0 saturated carbocycles. The van der Waals surface area contributed by atoms with Crippen LogP contribution in [0.2, 0.25) is 0 Å². The van der Waals surface area contributed by atoms with E-state index in [9.17, 15) is 18.0 Å². The Kier molecular flexibility index (Phi) is 6.58. The van der Waals surface area contributed by atoms with Crippen molar-refractivity contribution in [3.05, 3.63) is 59.7 Å². The molecule has 0 bridgehead atoms. The lowest BCUT2D eigenvalue weighted by atomic mass is 9.98. The normalized spacial score (nSPS) is 15.8. The van der Waals surface area contributed by atoms with Crippen LogP contribution in [0.15, 0.2) is 53.4 Å². The van der Waals surface area contributed by atoms with Gasteiger partial charge in [-0.25, -0.2) is 8.42 Å². The van der Waals surface area contributed by atoms with E-state index in [1.165, 1.54) is 22.0 Å². The van der Waals surface area contributed by atoms with E-state index in [1.54, 1.807) is 12.1 Å². The minimum Gasteiger partial charge on any atom is -0.369 e. The van der Waals surface area contributed by atoms with E-state index in [1.807, 2.05) is 24.3 Å². The molecule has 0 spiro atoms. The number of benzene rings is 2. The Bertz CT molecular complexity index is 1020. The monoisotopic (exact) mass is 429 g/mol. The van der Waals surface area contributed by atoms with E-state index in [0.717, 1.165) is 0 Å². The summed E-state index contributed by atoms with van der Waals surface area (Å²) >= 11 is 0. The van der Waals surface area contributed by atoms with Crippen molar-refractivity contribution in [1.29, 1.82) is 0 Å². The number of sulfonamides is 1. The van der Waals surface area contributed by atoms with Crippen molar-refractivity contribution in [2.45, 2.75) is 37.5 Å². The lowest BCUT2D eigenvalue weighted by Gasteiger charge is -2.29. The van der Waals surface area contributed by atoms with Crippen LogP contribution in [0.4, 0.5) is 5.69 Å². The molecular weight excluding hydrogens is 402 g/mol. The van der Waals surface area contributed by atoms with Crippen molar-refractivity contribution in [3.63, 3.8) is 0 Å². The zero-order valence-electron chi connectivity index (χ0n) is 17.2. The van der Waals surface area contributed by atoms with Crippen molar-refractivity contribution in [2.75, 3.05) is 18.4 Å². The minimum absolute atomic E-state index is 0.0582. The van der Waals surface area contributed by atoms with Gasteiger partial charge >= 0.3 is 0 Å². The number of anilines is 1. The van der Waals surface area contributed by atoms with E-state index in [4.69, 9.17) is 5.73 Å². The van der Waals surface area contributed by atoms with Crippen molar-refractivity contribution in [3.8, 4) is 0 Å². The van der Waals surface area contributed by atoms with Crippen molar-refractivity contribution < 1.29 is 18.0 Å². The number of carbonyl (C=O) groups is 2. The molecule has 0 atom stereocenters. The van der Waals surface area contributed by atoms with Crippen LogP contribution in [0, 0.1) is 5.92 Å². The number of hydrogen-bond donors (Lipinski definition) is 2. The first-order chi connectivity index (χ1) is 14.2. The van der Waals surface area contributed by atoms with Crippen molar-refractivity contribution in [1.82, 2.24) is 4.31 Å². The summed E-state index contributed by atoms with van der Waals surface area (Å²) in [6.07, 6.45) is 0.808. The molecule has 3 rings (SSSR count). The molecule has 0 aliphatic carbocycles. The standard InChI is InChI=1S/C22H27N3O4S/c1-15(2)16-6-8-19(9-7-16)24-22(27)18-4-3-5-20(14-18)30(28,29)25-12-10-17(11-13-25)21(23)26/h3-9,14-15,17H,10-13H2,1-2H3,(H2,23,26)(H,24,27). The summed E-state index contributed by atoms with van der Waals surface area (Å²) in [5.41, 5.74) is 7.39. The topological polar surface area (TPSA) is 110 Å². The van der Waals surface area contributed by atoms with Crippen LogP contribution in [0.3, 0.4) is 0 Å². The van der Waals surface area contributed by atoms with Gasteiger partial charge in [0.15, 0.2) is 0 Å². The number of nitrogens with zero attached hydrogens (tertiary/aromatic N) is 1. The molecule has 0 aromatic heterocycles. The van der Waals surface area contributed by atoms with Crippen LogP contribution in [0.25, 0.3) is 0 Å². The Hall–Kier alpha value is -2.71. The summed E-state index contributed by atoms with van der Waals surface area (Å²) in [6.45, 7) is 4.65. The summed E-state index contributed by atoms with van der Waals surface area (Å²) in [6, 6.07) is 13.6. The van der Waals surface area contributed by atoms with Crippen LogP contribution < -0.4 is 11.1 Å². The molecule has 1 fully saturated rings. The van der Waals surface area contributed by atoms with E-state index in [0.29, 0.717) is 24.4 Å². The van der Waals surface area contributed by atoms with Crippen LogP contribution >= 0.6 is 0 Å². The number of hydrogen-bond acceptors (Lipinski definition) is 4. The number of piperidine rings is 1. The number of rotatable bonds is 6. The maximum absolute atomic E-state index is 13.0. The smallest absolute Gasteiger partial charge is 0.255 e. The lowest BCUT2D eigenvalue weighted by molar-refractivity contribution is -0.122. The Balaban J connectivity index is 1.73. The second kappa shape index (κ2) is 8.97. The number of amides is 2. The van der Waals surface area contributed by atoms with Crippen LogP contribution in [0.5, 0.6) is 0 Å². The molecule has 1 saturated heterocycles. The molecule has 7 nitrogen and oxygen atoms in total. The summed E-state index contributed by atoms with van der Waals surface area (Å²) in [4.78, 5) is 24.0. The Morgan fingerprint density at radius 2 is 1.70 bits per heavy atom. The third kappa shape index (κ3) is 4.88. The van der Waals surface area contributed by atoms with Crippen LogP contribution in [-0.2, 0) is 14.8 Å². The largest absolute Gasteiger partial charge is 0.369 e. The fourth-order valence-electron chi connectivity index (χ4n) is 3.48. The fraction of sp³-hybridized carbons (Fsp3) is 0.364. The van der Waals surface area contributed by atoms with Gasteiger partial charge in [0, 0.05) is 30.3 Å². The average molecular weight is 430 g/mol. The second-order valence-corrected chi connectivity index (χ2v) is 9.78. The van der Waals surface area contributed by atoms with Crippen LogP contribution in [0.1, 0.15) is 48.5 Å². The summed E-state index contributed by atoms with van der Waals surface area (Å²) in [7, 11) is -3.75. The second-order valence-electron chi connectivity index (χ2n) is 7.84. The maximum Gasteiger partial charge on any atom is 0.255 e. The summed E-state index contributed by atoms with van der Waals surface area (Å²) in [5.74, 6) is -0.677. The highest BCUT2D eigenvalue weighted by Gasteiger charge is 2.31. The van der Waals surface area contributed by atoms with Gasteiger partial charge in [-0.3, -0.25) is 9.59 Å². The lowest BCUT2D eigenvalue weighted by Crippen LogP contribution is -2.41. The van der Waals surface area contributed by atoms with Gasteiger partial charge in [-0.2, -0.15) is 4.31 Å². The van der Waals surface area contributed by atoms with Gasteiger partial charge in [-0.05, 0) is 54.7 Å². The van der Waals surface area contributed by atoms with E-state index in [2.05, 4.69) is 19.2 Å². The molecule has 160 valence electrons. The average Bonchev–Trinajstić information content (AvgIpc) is 2.74. The Labute approximate surface area is 177 Å². The molecule has 1 aliphatic heterocycles. The summed E-state index contributed by atoms with van der Waals surface area (Å²) < 4.78 is 27.3. The highest BCUT2D eigenvalue weighted by Crippen LogP contribution is 2.24. The first-order valence-electron chi connectivity index (χ1n) is 9.99. The number of primary amides is 1. The molecule has 30 heavy (non-hydrogen) atoms. The summed E-state index contributed by atoms with van der Waals surface area (Å²) in [5, 5.41) is 2.80. The van der Waals surface area contributed by atoms with E-state index < -0.39 is 15.9 Å². The first-order valence-corrected chi connectivity index (χ1v) is 11.4. The third-order valence-electron chi connectivity index (χ3n) is 5.43. The highest BCUT2D eigenvalue weighted by molar-refractivity contribution is 7.89. The molecular formula is C22H27N3O4S. The first kappa shape index (κ1) is 22.0. The van der Waals surface area contributed by atoms with Gasteiger partial charge in [0.25, 0.3) is 5.91 Å². The molecule has 3 N–H and O–H groups in total. The van der Waals surface area contributed by atoms with Gasteiger partial charge < -0.3 is 11.1 Å². The maximum atomic E-state index is 13.0. The molecule has 2 aromatic rings. The Morgan fingerprint density at radius 3 is 2.27 bits per heavy atom. The number of nitrogens with two attached hydrogens (primary N) is 1. The zero-order valence-corrected chi connectivity index (χ0v) is 18.0. The fourth-order valence-corrected chi connectivity index (χ4v) is 5.00. The Morgan fingerprint density at radius 1 is 1.07 bits per heavy atom. The zero-order chi connectivity index (χ0) is 21.9. The van der Waals surface area contributed by atoms with Crippen LogP contribution in [-0.4, -0.2) is 37.6 Å². The molecule has 2 aromatic carbocycles. The third-order valence-corrected chi connectivity index (χ3v) is 7.32. The van der Waals surface area contributed by atoms with Crippen molar-refractivity contribution in [2.24, 2.45) is 11.7 Å². The molecule has 1 aliphatic rings. The SMILES string of the molecule is CC(C)c1ccc(NC(=O)c2cccc(S(=O)(=O)N3CCC(C(N)=O)CC3)c2)cc1. The molecule has 2 amide bonds. The molecule has 1 heterocycles. The van der Waals surface area contributed by atoms with Gasteiger partial charge in [-0.1, -0.05) is 32.0 Å². The predicted molar refractivity (Wildman–Crippen MR) is 116 cm³/mol. The van der Waals surface area contributed by atoms with Gasteiger partial charge in [0.2, 0.25) is 15.9 Å².